The summed E-state index contributed by atoms with van der Waals surface area (Å²) in [6.45, 7) is 4.86. The summed E-state index contributed by atoms with van der Waals surface area (Å²) in [5.74, 6) is 1.18. The van der Waals surface area contributed by atoms with Gasteiger partial charge in [-0.2, -0.15) is 5.10 Å². The van der Waals surface area contributed by atoms with Crippen molar-refractivity contribution < 1.29 is 28.7 Å². The summed E-state index contributed by atoms with van der Waals surface area (Å²) in [5.41, 5.74) is 5.04. The molecular formula is C44H47N11O6. The van der Waals surface area contributed by atoms with E-state index in [1.165, 1.54) is 32.8 Å². The molecule has 0 spiro atoms. The van der Waals surface area contributed by atoms with Gasteiger partial charge < -0.3 is 34.9 Å². The highest BCUT2D eigenvalue weighted by atomic mass is 16.5. The van der Waals surface area contributed by atoms with Crippen molar-refractivity contribution in [2.24, 2.45) is 5.92 Å². The van der Waals surface area contributed by atoms with Crippen molar-refractivity contribution in [3.63, 3.8) is 0 Å². The topological polar surface area (TPSA) is 213 Å². The Morgan fingerprint density at radius 2 is 1.34 bits per heavy atom. The minimum atomic E-state index is -1.07. The molecule has 2 aliphatic rings. The van der Waals surface area contributed by atoms with Gasteiger partial charge in [0.05, 0.1) is 50.1 Å². The number of amides is 4. The third-order valence-corrected chi connectivity index (χ3v) is 11.4. The smallest absolute Gasteiger partial charge is 0.407 e. The van der Waals surface area contributed by atoms with E-state index in [-0.39, 0.29) is 29.8 Å². The van der Waals surface area contributed by atoms with Gasteiger partial charge in [0.1, 0.15) is 17.7 Å². The SMILES string of the molecule is COC(=O)NC(C(=O)N1CCC[C@H]1c1nc(-c2ccc(-c3ccc4cc(-c5cnc([C@@H]6CCCN6C(=O)[C@@H](NC(=O)OC)C(C)C)[nH]5)ccc4c3)cc2)n[nH]1)c1cnccn1. The molecule has 0 bridgehead atoms. The summed E-state index contributed by atoms with van der Waals surface area (Å²) in [7, 11) is 2.53. The summed E-state index contributed by atoms with van der Waals surface area (Å²) >= 11 is 0. The zero-order valence-electron chi connectivity index (χ0n) is 34.3. The molecule has 5 heterocycles. The number of carbonyl (C=O) groups is 4. The minimum absolute atomic E-state index is 0.113. The molecule has 4 N–H and O–H groups in total. The van der Waals surface area contributed by atoms with E-state index in [9.17, 15) is 19.2 Å². The lowest BCUT2D eigenvalue weighted by molar-refractivity contribution is -0.136. The number of alkyl carbamates (subject to hydrolysis) is 2. The largest absolute Gasteiger partial charge is 0.453 e. The molecule has 0 saturated carbocycles. The van der Waals surface area contributed by atoms with E-state index in [4.69, 9.17) is 19.4 Å². The number of methoxy groups -OCH3 is 2. The molecule has 1 unspecified atom stereocenters. The summed E-state index contributed by atoms with van der Waals surface area (Å²) in [4.78, 5) is 76.4. The predicted molar refractivity (Wildman–Crippen MR) is 224 cm³/mol. The quantitative estimate of drug-likeness (QED) is 0.114. The molecule has 8 rings (SSSR count). The van der Waals surface area contributed by atoms with E-state index in [1.807, 2.05) is 49.2 Å². The van der Waals surface area contributed by atoms with Crippen molar-refractivity contribution in [2.75, 3.05) is 27.3 Å². The lowest BCUT2D eigenvalue weighted by Gasteiger charge is -2.30. The van der Waals surface area contributed by atoms with Crippen LogP contribution in [0.25, 0.3) is 44.5 Å². The van der Waals surface area contributed by atoms with Crippen LogP contribution in [0.4, 0.5) is 9.59 Å². The zero-order valence-corrected chi connectivity index (χ0v) is 34.3. The maximum atomic E-state index is 13.8. The van der Waals surface area contributed by atoms with Crippen molar-refractivity contribution in [3.8, 4) is 33.8 Å². The number of hydrogen-bond acceptors (Lipinski definition) is 11. The highest BCUT2D eigenvalue weighted by Crippen LogP contribution is 2.36. The second-order valence-electron chi connectivity index (χ2n) is 15.5. The van der Waals surface area contributed by atoms with E-state index in [1.54, 1.807) is 4.90 Å². The standard InChI is InChI=1S/C44H47N11O6/c1-25(2)36(49-43(58)60-3)41(56)54-19-5-7-34(54)39-47-24-32(48-39)31-16-15-29-21-28(13-14-30(29)22-31)26-9-11-27(12-10-26)38-51-40(53-52-38)35-8-6-20-55(35)42(57)37(50-44(59)61-4)33-23-45-17-18-46-33/h9-18,21-25,34-37H,5-8,19-20H2,1-4H3,(H,47,48)(H,49,58)(H,50,59)(H,51,52,53)/t34-,35-,36-,37?/m0/s1. The Morgan fingerprint density at radius 1 is 0.721 bits per heavy atom. The normalized spacial score (nSPS) is 17.3. The fourth-order valence-corrected chi connectivity index (χ4v) is 8.18. The van der Waals surface area contributed by atoms with Gasteiger partial charge in [-0.25, -0.2) is 19.6 Å². The Labute approximate surface area is 351 Å². The van der Waals surface area contributed by atoms with Crippen LogP contribution in [-0.4, -0.2) is 102 Å². The molecule has 17 nitrogen and oxygen atoms in total. The molecule has 3 aromatic heterocycles. The number of aromatic nitrogens is 7. The van der Waals surface area contributed by atoms with Gasteiger partial charge in [-0.15, -0.1) is 0 Å². The second kappa shape index (κ2) is 17.6. The van der Waals surface area contributed by atoms with Gasteiger partial charge in [0.2, 0.25) is 5.91 Å². The Hall–Kier alpha value is -7.17. The second-order valence-corrected chi connectivity index (χ2v) is 15.5. The maximum Gasteiger partial charge on any atom is 0.407 e. The summed E-state index contributed by atoms with van der Waals surface area (Å²) in [6.07, 6.45) is 7.89. The number of H-pyrrole nitrogens is 2. The van der Waals surface area contributed by atoms with E-state index in [0.29, 0.717) is 36.9 Å². The first-order valence-corrected chi connectivity index (χ1v) is 20.3. The fraction of sp³-hybridized carbons (Fsp3) is 0.341. The van der Waals surface area contributed by atoms with Crippen molar-refractivity contribution >= 4 is 34.8 Å². The number of hydrogen-bond donors (Lipinski definition) is 4. The van der Waals surface area contributed by atoms with Gasteiger partial charge in [-0.3, -0.25) is 24.7 Å². The zero-order chi connectivity index (χ0) is 42.6. The van der Waals surface area contributed by atoms with Gasteiger partial charge in [0.25, 0.3) is 5.91 Å². The molecule has 0 aliphatic carbocycles. The molecule has 3 aromatic carbocycles. The van der Waals surface area contributed by atoms with E-state index in [0.717, 1.165) is 63.8 Å². The number of fused-ring (bicyclic) bond motifs is 1. The van der Waals surface area contributed by atoms with E-state index in [2.05, 4.69) is 72.2 Å². The molecule has 2 aliphatic heterocycles. The van der Waals surface area contributed by atoms with Crippen LogP contribution < -0.4 is 10.6 Å². The summed E-state index contributed by atoms with van der Waals surface area (Å²) in [6, 6.07) is 18.3. The number of carbonyl (C=O) groups excluding carboxylic acids is 4. The van der Waals surface area contributed by atoms with Crippen molar-refractivity contribution in [2.45, 2.75) is 63.7 Å². The molecule has 4 atom stereocenters. The van der Waals surface area contributed by atoms with Crippen molar-refractivity contribution in [1.29, 1.82) is 0 Å². The van der Waals surface area contributed by atoms with Crippen LogP contribution in [0.15, 0.2) is 85.5 Å². The van der Waals surface area contributed by atoms with Crippen LogP contribution in [0.2, 0.25) is 0 Å². The Balaban J connectivity index is 0.942. The number of benzene rings is 3. The predicted octanol–water partition coefficient (Wildman–Crippen LogP) is 6.28. The maximum absolute atomic E-state index is 13.8. The first kappa shape index (κ1) is 40.6. The van der Waals surface area contributed by atoms with Gasteiger partial charge in [0, 0.05) is 36.6 Å². The number of likely N-dealkylation sites (tertiary alicyclic amines) is 2. The van der Waals surface area contributed by atoms with E-state index < -0.39 is 24.3 Å². The molecule has 0 radical (unpaired) electrons. The molecule has 61 heavy (non-hydrogen) atoms. The fourth-order valence-electron chi connectivity index (χ4n) is 8.18. The highest BCUT2D eigenvalue weighted by Gasteiger charge is 2.39. The number of imidazole rings is 1. The van der Waals surface area contributed by atoms with Crippen LogP contribution >= 0.6 is 0 Å². The van der Waals surface area contributed by atoms with Crippen LogP contribution in [0.1, 0.15) is 75.0 Å². The van der Waals surface area contributed by atoms with Gasteiger partial charge in [0.15, 0.2) is 11.9 Å². The molecule has 17 heteroatoms. The summed E-state index contributed by atoms with van der Waals surface area (Å²) < 4.78 is 9.54. The van der Waals surface area contributed by atoms with Crippen LogP contribution in [-0.2, 0) is 19.1 Å². The van der Waals surface area contributed by atoms with Crippen molar-refractivity contribution in [1.82, 2.24) is 55.6 Å². The van der Waals surface area contributed by atoms with E-state index >= 15 is 0 Å². The molecule has 4 amide bonds. The van der Waals surface area contributed by atoms with Gasteiger partial charge >= 0.3 is 12.2 Å². The third kappa shape index (κ3) is 8.49. The molecular weight excluding hydrogens is 779 g/mol. The monoisotopic (exact) mass is 825 g/mol. The molecule has 2 saturated heterocycles. The van der Waals surface area contributed by atoms with Gasteiger partial charge in [-0.1, -0.05) is 62.4 Å². The molecule has 314 valence electrons. The molecule has 2 fully saturated rings. The number of rotatable bonds is 11. The minimum Gasteiger partial charge on any atom is -0.453 e. The Bertz CT molecular complexity index is 2540. The average Bonchev–Trinajstić information content (AvgIpc) is 4.14. The first-order valence-electron chi connectivity index (χ1n) is 20.3. The first-order chi connectivity index (χ1) is 29.6. The number of nitrogens with one attached hydrogen (secondary N) is 4. The molecule has 6 aromatic rings. The van der Waals surface area contributed by atoms with Crippen LogP contribution in [0, 0.1) is 5.92 Å². The number of aromatic amines is 2. The number of nitrogens with zero attached hydrogens (tertiary/aromatic N) is 7. The van der Waals surface area contributed by atoms with Crippen LogP contribution in [0.5, 0.6) is 0 Å². The van der Waals surface area contributed by atoms with Crippen molar-refractivity contribution in [3.05, 3.63) is 103 Å². The highest BCUT2D eigenvalue weighted by molar-refractivity contribution is 5.91. The number of ether oxygens (including phenoxy) is 2. The Kier molecular flexibility index (Phi) is 11.7. The summed E-state index contributed by atoms with van der Waals surface area (Å²) in [5, 5.41) is 15.0. The lowest BCUT2D eigenvalue weighted by atomic mass is 9.98. The van der Waals surface area contributed by atoms with Gasteiger partial charge in [-0.05, 0) is 65.6 Å². The lowest BCUT2D eigenvalue weighted by Crippen LogP contribution is -2.51. The van der Waals surface area contributed by atoms with Crippen LogP contribution in [0.3, 0.4) is 0 Å². The third-order valence-electron chi connectivity index (χ3n) is 11.4. The average molecular weight is 826 g/mol. The Morgan fingerprint density at radius 3 is 2.02 bits per heavy atom.